The highest BCUT2D eigenvalue weighted by atomic mass is 79.9. The Hall–Kier alpha value is -2.46. The lowest BCUT2D eigenvalue weighted by Gasteiger charge is -2.31. The highest BCUT2D eigenvalue weighted by Crippen LogP contribution is 2.27. The van der Waals surface area contributed by atoms with Crippen molar-refractivity contribution in [2.45, 2.75) is 26.3 Å². The third-order valence-corrected chi connectivity index (χ3v) is 6.58. The summed E-state index contributed by atoms with van der Waals surface area (Å²) in [5.74, 6) is 0.607. The Morgan fingerprint density at radius 3 is 3.03 bits per heavy atom. The normalized spacial score (nSPS) is 16.6. The first-order valence-electron chi connectivity index (χ1n) is 9.67. The minimum Gasteiger partial charge on any atom is -0.496 e. The maximum atomic E-state index is 12.8. The van der Waals surface area contributed by atoms with E-state index in [2.05, 4.69) is 36.2 Å². The number of ether oxygens (including phenoxy) is 1. The van der Waals surface area contributed by atoms with Crippen LogP contribution in [0.1, 0.15) is 24.1 Å². The Bertz CT molecular complexity index is 1150. The molecule has 0 bridgehead atoms. The molecule has 0 aliphatic carbocycles. The first-order chi connectivity index (χ1) is 14.4. The Morgan fingerprint density at radius 1 is 1.40 bits per heavy atom. The fourth-order valence-corrected chi connectivity index (χ4v) is 5.01. The van der Waals surface area contributed by atoms with Crippen LogP contribution in [0.25, 0.3) is 4.96 Å². The second-order valence-corrected chi connectivity index (χ2v) is 9.12. The second-order valence-electron chi connectivity index (χ2n) is 7.27. The Morgan fingerprint density at radius 2 is 2.23 bits per heavy atom. The van der Waals surface area contributed by atoms with Crippen LogP contribution < -0.4 is 20.5 Å². The molecule has 0 spiro atoms. The molecule has 0 unspecified atom stereocenters. The molecule has 1 aromatic carbocycles. The Labute approximate surface area is 186 Å². The van der Waals surface area contributed by atoms with Crippen molar-refractivity contribution in [3.8, 4) is 5.75 Å². The number of methoxy groups -OCH3 is 1. The summed E-state index contributed by atoms with van der Waals surface area (Å²) in [7, 11) is 1.62. The lowest BCUT2D eigenvalue weighted by Crippen LogP contribution is -2.43. The number of benzene rings is 1. The first-order valence-corrected chi connectivity index (χ1v) is 11.3. The lowest BCUT2D eigenvalue weighted by molar-refractivity contribution is -0.125. The van der Waals surface area contributed by atoms with Crippen LogP contribution in [0, 0.1) is 12.8 Å². The van der Waals surface area contributed by atoms with Crippen LogP contribution >= 0.6 is 27.3 Å². The molecule has 1 saturated heterocycles. The molecule has 2 aromatic heterocycles. The molecular weight excluding hydrogens is 470 g/mol. The highest BCUT2D eigenvalue weighted by Gasteiger charge is 2.28. The van der Waals surface area contributed by atoms with Gasteiger partial charge >= 0.3 is 0 Å². The molecule has 8 nitrogen and oxygen atoms in total. The van der Waals surface area contributed by atoms with Crippen molar-refractivity contribution >= 4 is 43.3 Å². The van der Waals surface area contributed by atoms with E-state index in [-0.39, 0.29) is 17.4 Å². The molecule has 4 rings (SSSR count). The van der Waals surface area contributed by atoms with Crippen LogP contribution in [-0.2, 0) is 11.3 Å². The van der Waals surface area contributed by atoms with Crippen LogP contribution in [0.3, 0.4) is 0 Å². The number of hydrogen-bond acceptors (Lipinski definition) is 7. The number of hydrogen-bond donors (Lipinski definition) is 1. The number of nitrogens with zero attached hydrogens (tertiary/aromatic N) is 4. The Balaban J connectivity index is 1.45. The third kappa shape index (κ3) is 4.34. The van der Waals surface area contributed by atoms with Crippen molar-refractivity contribution < 1.29 is 9.53 Å². The van der Waals surface area contributed by atoms with Crippen molar-refractivity contribution in [1.82, 2.24) is 19.9 Å². The van der Waals surface area contributed by atoms with Crippen molar-refractivity contribution in [3.63, 3.8) is 0 Å². The van der Waals surface area contributed by atoms with Gasteiger partial charge in [0.2, 0.25) is 16.0 Å². The van der Waals surface area contributed by atoms with Gasteiger partial charge in [0.05, 0.1) is 13.0 Å². The molecule has 0 saturated carbocycles. The standard InChI is InChI=1S/C20H22BrN5O3S/c1-12-8-17(27)26-19(23-12)30-20(24-26)25-7-3-4-13(11-25)18(28)22-10-14-9-15(21)5-6-16(14)29-2/h5-6,8-9,13H,3-4,7,10-11H2,1-2H3,(H,22,28)/t13-/m0/s1. The van der Waals surface area contributed by atoms with E-state index in [1.807, 2.05) is 18.2 Å². The molecule has 10 heteroatoms. The highest BCUT2D eigenvalue weighted by molar-refractivity contribution is 9.10. The van der Waals surface area contributed by atoms with Crippen LogP contribution in [0.2, 0.25) is 0 Å². The lowest BCUT2D eigenvalue weighted by atomic mass is 9.97. The van der Waals surface area contributed by atoms with Crippen molar-refractivity contribution in [3.05, 3.63) is 50.3 Å². The number of carbonyl (C=O) groups is 1. The molecule has 1 amide bonds. The average Bonchev–Trinajstić information content (AvgIpc) is 3.16. The molecular formula is C20H22BrN5O3S. The molecule has 1 fully saturated rings. The number of fused-ring (bicyclic) bond motifs is 1. The summed E-state index contributed by atoms with van der Waals surface area (Å²) in [4.78, 5) is 32.0. The zero-order valence-corrected chi connectivity index (χ0v) is 19.1. The number of carbonyl (C=O) groups excluding carboxylic acids is 1. The third-order valence-electron chi connectivity index (χ3n) is 5.12. The summed E-state index contributed by atoms with van der Waals surface area (Å²) < 4.78 is 7.64. The van der Waals surface area contributed by atoms with E-state index in [9.17, 15) is 9.59 Å². The van der Waals surface area contributed by atoms with Gasteiger partial charge < -0.3 is 15.0 Å². The van der Waals surface area contributed by atoms with Gasteiger partial charge in [-0.2, -0.15) is 4.52 Å². The first kappa shape index (κ1) is 20.8. The van der Waals surface area contributed by atoms with E-state index in [1.165, 1.54) is 21.9 Å². The quantitative estimate of drug-likeness (QED) is 0.590. The minimum absolute atomic E-state index is 0.00831. The van der Waals surface area contributed by atoms with Gasteiger partial charge in [0, 0.05) is 41.4 Å². The number of halogens is 1. The SMILES string of the molecule is COc1ccc(Br)cc1CNC(=O)[C@H]1CCCN(c2nn3c(=O)cc(C)nc3s2)C1. The number of amides is 1. The van der Waals surface area contributed by atoms with Gasteiger partial charge in [0.1, 0.15) is 5.75 Å². The van der Waals surface area contributed by atoms with Crippen LogP contribution in [0.15, 0.2) is 33.5 Å². The predicted octanol–water partition coefficient (Wildman–Crippen LogP) is 2.76. The van der Waals surface area contributed by atoms with Crippen LogP contribution in [0.4, 0.5) is 5.13 Å². The van der Waals surface area contributed by atoms with Crippen LogP contribution in [0.5, 0.6) is 5.75 Å². The summed E-state index contributed by atoms with van der Waals surface area (Å²) in [5.41, 5.74) is 1.41. The topological polar surface area (TPSA) is 88.8 Å². The number of rotatable bonds is 5. The fraction of sp³-hybridized carbons (Fsp3) is 0.400. The van der Waals surface area contributed by atoms with Gasteiger partial charge in [0.25, 0.3) is 5.56 Å². The number of piperidine rings is 1. The zero-order chi connectivity index (χ0) is 21.3. The van der Waals surface area contributed by atoms with Crippen LogP contribution in [-0.4, -0.2) is 40.7 Å². The van der Waals surface area contributed by atoms with Gasteiger partial charge in [-0.3, -0.25) is 9.59 Å². The zero-order valence-electron chi connectivity index (χ0n) is 16.7. The second kappa shape index (κ2) is 8.73. The smallest absolute Gasteiger partial charge is 0.275 e. The fourth-order valence-electron chi connectivity index (χ4n) is 3.61. The van der Waals surface area contributed by atoms with E-state index in [0.29, 0.717) is 23.7 Å². The van der Waals surface area contributed by atoms with Crippen molar-refractivity contribution in [1.29, 1.82) is 0 Å². The molecule has 3 aromatic rings. The largest absolute Gasteiger partial charge is 0.496 e. The molecule has 1 N–H and O–H groups in total. The summed E-state index contributed by atoms with van der Waals surface area (Å²) in [6, 6.07) is 7.20. The molecule has 1 atom stereocenters. The monoisotopic (exact) mass is 491 g/mol. The molecule has 1 aliphatic rings. The van der Waals surface area contributed by atoms with Gasteiger partial charge in [-0.05, 0) is 38.0 Å². The summed E-state index contributed by atoms with van der Waals surface area (Å²) in [5, 5.41) is 8.18. The molecule has 30 heavy (non-hydrogen) atoms. The number of nitrogens with one attached hydrogen (secondary N) is 1. The van der Waals surface area contributed by atoms with Gasteiger partial charge in [-0.1, -0.05) is 27.3 Å². The summed E-state index contributed by atoms with van der Waals surface area (Å²) >= 11 is 4.83. The number of aryl methyl sites for hydroxylation is 1. The molecule has 1 aliphatic heterocycles. The summed E-state index contributed by atoms with van der Waals surface area (Å²) in [6.07, 6.45) is 1.70. The predicted molar refractivity (Wildman–Crippen MR) is 119 cm³/mol. The van der Waals surface area contributed by atoms with Gasteiger partial charge in [0.15, 0.2) is 0 Å². The van der Waals surface area contributed by atoms with Gasteiger partial charge in [-0.15, -0.1) is 5.10 Å². The summed E-state index contributed by atoms with van der Waals surface area (Å²) in [6.45, 7) is 3.56. The van der Waals surface area contributed by atoms with Crippen molar-refractivity contribution in [2.24, 2.45) is 5.92 Å². The molecule has 0 radical (unpaired) electrons. The average molecular weight is 492 g/mol. The molecule has 158 valence electrons. The van der Waals surface area contributed by atoms with Gasteiger partial charge in [-0.25, -0.2) is 4.98 Å². The number of aromatic nitrogens is 3. The number of anilines is 1. The molecule has 3 heterocycles. The Kier molecular flexibility index (Phi) is 6.05. The van der Waals surface area contributed by atoms with E-state index in [0.717, 1.165) is 40.3 Å². The van der Waals surface area contributed by atoms with Crippen molar-refractivity contribution in [2.75, 3.05) is 25.1 Å². The minimum atomic E-state index is -0.186. The van der Waals surface area contributed by atoms with E-state index >= 15 is 0 Å². The van der Waals surface area contributed by atoms with E-state index in [4.69, 9.17) is 4.74 Å². The maximum absolute atomic E-state index is 12.8. The van der Waals surface area contributed by atoms with E-state index in [1.54, 1.807) is 14.0 Å². The maximum Gasteiger partial charge on any atom is 0.275 e. The van der Waals surface area contributed by atoms with E-state index < -0.39 is 0 Å².